The Morgan fingerprint density at radius 1 is 1.28 bits per heavy atom. The van der Waals surface area contributed by atoms with Crippen LogP contribution in [0.5, 0.6) is 5.75 Å². The molecule has 1 saturated carbocycles. The second-order valence-corrected chi connectivity index (χ2v) is 5.42. The van der Waals surface area contributed by atoms with E-state index in [1.807, 2.05) is 6.20 Å². The first-order valence-corrected chi connectivity index (χ1v) is 7.41. The van der Waals surface area contributed by atoms with Gasteiger partial charge in [0.2, 0.25) is 0 Å². The van der Waals surface area contributed by atoms with Crippen LogP contribution in [0.25, 0.3) is 0 Å². The highest BCUT2D eigenvalue weighted by Crippen LogP contribution is 2.24. The topological polar surface area (TPSA) is 22.1 Å². The molecule has 1 heterocycles. The van der Waals surface area contributed by atoms with Crippen LogP contribution in [0.4, 0.5) is 0 Å². The van der Waals surface area contributed by atoms with Crippen molar-refractivity contribution in [1.29, 1.82) is 0 Å². The van der Waals surface area contributed by atoms with E-state index in [-0.39, 0.29) is 0 Å². The second-order valence-electron chi connectivity index (χ2n) is 5.42. The van der Waals surface area contributed by atoms with Gasteiger partial charge < -0.3 is 4.74 Å². The molecular formula is C16H25NO. The van der Waals surface area contributed by atoms with Gasteiger partial charge in [-0.15, -0.1) is 0 Å². The van der Waals surface area contributed by atoms with E-state index in [0.29, 0.717) is 6.10 Å². The molecule has 100 valence electrons. The van der Waals surface area contributed by atoms with Crippen LogP contribution in [0.2, 0.25) is 0 Å². The number of hydrogen-bond acceptors (Lipinski definition) is 2. The first-order chi connectivity index (χ1) is 8.79. The molecule has 1 aliphatic carbocycles. The molecule has 2 nitrogen and oxygen atoms in total. The first-order valence-electron chi connectivity index (χ1n) is 7.41. The van der Waals surface area contributed by atoms with Crippen molar-refractivity contribution in [3.63, 3.8) is 0 Å². The van der Waals surface area contributed by atoms with Gasteiger partial charge in [-0.2, -0.15) is 0 Å². The standard InChI is InChI=1S/C16H25NO/c1-3-4-10-16-13(2)11-15(12-17-16)18-14-8-6-5-7-9-14/h11-12,14H,3-10H2,1-2H3. The number of aryl methyl sites for hydroxylation is 2. The summed E-state index contributed by atoms with van der Waals surface area (Å²) in [6, 6.07) is 2.16. The minimum absolute atomic E-state index is 0.418. The van der Waals surface area contributed by atoms with Crippen molar-refractivity contribution in [3.8, 4) is 5.75 Å². The molecule has 1 aromatic rings. The summed E-state index contributed by atoms with van der Waals surface area (Å²) in [4.78, 5) is 4.56. The molecule has 0 spiro atoms. The molecule has 2 heteroatoms. The second kappa shape index (κ2) is 6.77. The molecule has 0 aliphatic heterocycles. The molecule has 1 aromatic heterocycles. The molecule has 0 bridgehead atoms. The van der Waals surface area contributed by atoms with E-state index in [4.69, 9.17) is 4.74 Å². The molecule has 2 rings (SSSR count). The molecule has 0 amide bonds. The largest absolute Gasteiger partial charge is 0.489 e. The highest BCUT2D eigenvalue weighted by atomic mass is 16.5. The van der Waals surface area contributed by atoms with E-state index >= 15 is 0 Å². The van der Waals surface area contributed by atoms with Gasteiger partial charge in [-0.3, -0.25) is 4.98 Å². The van der Waals surface area contributed by atoms with Gasteiger partial charge in [0.05, 0.1) is 12.3 Å². The molecule has 18 heavy (non-hydrogen) atoms. The van der Waals surface area contributed by atoms with Crippen LogP contribution >= 0.6 is 0 Å². The first kappa shape index (κ1) is 13.4. The van der Waals surface area contributed by atoms with Crippen molar-refractivity contribution in [2.75, 3.05) is 0 Å². The Bertz CT molecular complexity index is 369. The van der Waals surface area contributed by atoms with E-state index in [0.717, 1.165) is 12.2 Å². The van der Waals surface area contributed by atoms with Crippen LogP contribution < -0.4 is 4.74 Å². The summed E-state index contributed by atoms with van der Waals surface area (Å²) in [5.41, 5.74) is 2.50. The Morgan fingerprint density at radius 2 is 2.06 bits per heavy atom. The summed E-state index contributed by atoms with van der Waals surface area (Å²) in [6.45, 7) is 4.36. The highest BCUT2D eigenvalue weighted by Gasteiger charge is 2.15. The number of aromatic nitrogens is 1. The molecule has 0 N–H and O–H groups in total. The zero-order chi connectivity index (χ0) is 12.8. The van der Waals surface area contributed by atoms with E-state index in [1.165, 1.54) is 56.2 Å². The Kier molecular flexibility index (Phi) is 5.03. The van der Waals surface area contributed by atoms with Gasteiger partial charge in [0.25, 0.3) is 0 Å². The quantitative estimate of drug-likeness (QED) is 0.767. The van der Waals surface area contributed by atoms with Gasteiger partial charge in [0, 0.05) is 5.69 Å². The van der Waals surface area contributed by atoms with Gasteiger partial charge in [0.15, 0.2) is 0 Å². The van der Waals surface area contributed by atoms with E-state index in [2.05, 4.69) is 24.9 Å². The maximum Gasteiger partial charge on any atom is 0.138 e. The lowest BCUT2D eigenvalue weighted by Gasteiger charge is -2.23. The summed E-state index contributed by atoms with van der Waals surface area (Å²) in [6.07, 6.45) is 12.3. The number of nitrogens with zero attached hydrogens (tertiary/aromatic N) is 1. The highest BCUT2D eigenvalue weighted by molar-refractivity contribution is 5.28. The predicted octanol–water partition coefficient (Wildman–Crippen LogP) is 4.44. The normalized spacial score (nSPS) is 16.8. The summed E-state index contributed by atoms with van der Waals surface area (Å²) in [5.74, 6) is 0.958. The predicted molar refractivity (Wildman–Crippen MR) is 75.1 cm³/mol. The number of rotatable bonds is 5. The minimum Gasteiger partial charge on any atom is -0.489 e. The average molecular weight is 247 g/mol. The number of hydrogen-bond donors (Lipinski definition) is 0. The fourth-order valence-corrected chi connectivity index (χ4v) is 2.62. The van der Waals surface area contributed by atoms with E-state index in [9.17, 15) is 0 Å². The van der Waals surface area contributed by atoms with Crippen molar-refractivity contribution >= 4 is 0 Å². The van der Waals surface area contributed by atoms with Crippen molar-refractivity contribution in [1.82, 2.24) is 4.98 Å². The minimum atomic E-state index is 0.418. The van der Waals surface area contributed by atoms with Crippen LogP contribution in [0.15, 0.2) is 12.3 Å². The zero-order valence-electron chi connectivity index (χ0n) is 11.7. The monoisotopic (exact) mass is 247 g/mol. The molecule has 0 atom stereocenters. The van der Waals surface area contributed by atoms with Crippen molar-refractivity contribution in [2.45, 2.75) is 71.3 Å². The van der Waals surface area contributed by atoms with Gasteiger partial charge in [-0.1, -0.05) is 19.8 Å². The Balaban J connectivity index is 1.94. The average Bonchev–Trinajstić information content (AvgIpc) is 2.39. The van der Waals surface area contributed by atoms with E-state index in [1.54, 1.807) is 0 Å². The zero-order valence-corrected chi connectivity index (χ0v) is 11.7. The molecule has 1 fully saturated rings. The van der Waals surface area contributed by atoms with Gasteiger partial charge in [0.1, 0.15) is 5.75 Å². The van der Waals surface area contributed by atoms with Crippen LogP contribution in [0.1, 0.15) is 63.1 Å². The molecule has 0 radical (unpaired) electrons. The molecular weight excluding hydrogens is 222 g/mol. The smallest absolute Gasteiger partial charge is 0.138 e. The van der Waals surface area contributed by atoms with Gasteiger partial charge >= 0.3 is 0 Å². The third-order valence-corrected chi connectivity index (χ3v) is 3.78. The van der Waals surface area contributed by atoms with Crippen LogP contribution in [0.3, 0.4) is 0 Å². The van der Waals surface area contributed by atoms with Crippen LogP contribution in [0, 0.1) is 6.92 Å². The lowest BCUT2D eigenvalue weighted by atomic mass is 9.98. The van der Waals surface area contributed by atoms with Crippen LogP contribution in [-0.2, 0) is 6.42 Å². The maximum absolute atomic E-state index is 6.03. The fourth-order valence-electron chi connectivity index (χ4n) is 2.62. The molecule has 0 saturated heterocycles. The number of pyridine rings is 1. The van der Waals surface area contributed by atoms with Crippen molar-refractivity contribution in [2.24, 2.45) is 0 Å². The Hall–Kier alpha value is -1.05. The van der Waals surface area contributed by atoms with Gasteiger partial charge in [-0.25, -0.2) is 0 Å². The fraction of sp³-hybridized carbons (Fsp3) is 0.688. The summed E-state index contributed by atoms with van der Waals surface area (Å²) in [5, 5.41) is 0. The molecule has 0 aromatic carbocycles. The summed E-state index contributed by atoms with van der Waals surface area (Å²) in [7, 11) is 0. The Labute approximate surface area is 111 Å². The summed E-state index contributed by atoms with van der Waals surface area (Å²) < 4.78 is 6.03. The SMILES string of the molecule is CCCCc1ncc(OC2CCCCC2)cc1C. The van der Waals surface area contributed by atoms with E-state index < -0.39 is 0 Å². The van der Waals surface area contributed by atoms with Gasteiger partial charge in [-0.05, 0) is 57.1 Å². The van der Waals surface area contributed by atoms with Crippen molar-refractivity contribution < 1.29 is 4.74 Å². The Morgan fingerprint density at radius 3 is 2.72 bits per heavy atom. The maximum atomic E-state index is 6.03. The number of ether oxygens (including phenoxy) is 1. The third-order valence-electron chi connectivity index (χ3n) is 3.78. The number of unbranched alkanes of at least 4 members (excludes halogenated alkanes) is 1. The third kappa shape index (κ3) is 3.72. The molecule has 0 unspecified atom stereocenters. The lowest BCUT2D eigenvalue weighted by molar-refractivity contribution is 0.154. The van der Waals surface area contributed by atoms with Crippen LogP contribution in [-0.4, -0.2) is 11.1 Å². The summed E-state index contributed by atoms with van der Waals surface area (Å²) >= 11 is 0. The molecule has 1 aliphatic rings. The van der Waals surface area contributed by atoms with Crippen molar-refractivity contribution in [3.05, 3.63) is 23.5 Å². The lowest BCUT2D eigenvalue weighted by Crippen LogP contribution is -2.19.